The van der Waals surface area contributed by atoms with Crippen LogP contribution in [0.15, 0.2) is 48.5 Å². The Balaban J connectivity index is 1.52. The number of ether oxygens (including phenoxy) is 1. The van der Waals surface area contributed by atoms with Crippen LogP contribution in [-0.4, -0.2) is 48.6 Å². The van der Waals surface area contributed by atoms with Crippen LogP contribution < -0.4 is 5.32 Å². The summed E-state index contributed by atoms with van der Waals surface area (Å²) in [5.74, 6) is -0.213. The van der Waals surface area contributed by atoms with E-state index in [1.807, 2.05) is 24.0 Å². The van der Waals surface area contributed by atoms with Gasteiger partial charge < -0.3 is 15.0 Å². The molecule has 0 unspecified atom stereocenters. The average Bonchev–Trinajstić information content (AvgIpc) is 3.17. The van der Waals surface area contributed by atoms with E-state index in [2.05, 4.69) is 17.4 Å². The third-order valence-corrected chi connectivity index (χ3v) is 7.84. The van der Waals surface area contributed by atoms with E-state index in [9.17, 15) is 14.0 Å². The summed E-state index contributed by atoms with van der Waals surface area (Å²) in [6.45, 7) is 4.15. The third-order valence-electron chi connectivity index (χ3n) is 7.84. The van der Waals surface area contributed by atoms with Gasteiger partial charge in [-0.25, -0.2) is 4.39 Å². The molecule has 0 aliphatic carbocycles. The number of aryl methyl sites for hydroxylation is 1. The van der Waals surface area contributed by atoms with Crippen molar-refractivity contribution in [3.05, 3.63) is 71.0 Å². The van der Waals surface area contributed by atoms with E-state index in [0.29, 0.717) is 45.6 Å². The lowest BCUT2D eigenvalue weighted by Crippen LogP contribution is -2.57. The minimum Gasteiger partial charge on any atom is -0.381 e. The fraction of sp³-hybridized carbons (Fsp3) is 0.481. The number of likely N-dealkylation sites (tertiary alicyclic amines) is 1. The zero-order valence-corrected chi connectivity index (χ0v) is 19.1. The SMILES string of the molecule is Cc1cccc(C2(C(=O)N3C[C@@H](c4ccc(F)cc4)[C@@]4(CCCC(=O)N4)C3)CCOCC2)c1. The van der Waals surface area contributed by atoms with Gasteiger partial charge in [0.2, 0.25) is 11.8 Å². The van der Waals surface area contributed by atoms with Gasteiger partial charge in [0.15, 0.2) is 0 Å². The molecule has 2 atom stereocenters. The number of benzene rings is 2. The van der Waals surface area contributed by atoms with E-state index in [1.165, 1.54) is 12.1 Å². The Morgan fingerprint density at radius 3 is 2.58 bits per heavy atom. The molecule has 2 amide bonds. The number of nitrogens with zero attached hydrogens (tertiary/aromatic N) is 1. The normalized spacial score (nSPS) is 26.9. The Morgan fingerprint density at radius 2 is 1.88 bits per heavy atom. The zero-order chi connectivity index (χ0) is 23.1. The van der Waals surface area contributed by atoms with Crippen molar-refractivity contribution in [1.82, 2.24) is 10.2 Å². The van der Waals surface area contributed by atoms with E-state index < -0.39 is 11.0 Å². The maximum absolute atomic E-state index is 14.3. The van der Waals surface area contributed by atoms with Crippen LogP contribution in [0.5, 0.6) is 0 Å². The van der Waals surface area contributed by atoms with Crippen LogP contribution in [0.2, 0.25) is 0 Å². The molecule has 0 saturated carbocycles. The van der Waals surface area contributed by atoms with Crippen molar-refractivity contribution in [1.29, 1.82) is 0 Å². The fourth-order valence-electron chi connectivity index (χ4n) is 6.12. The molecular weight excluding hydrogens is 419 g/mol. The van der Waals surface area contributed by atoms with Crippen molar-refractivity contribution >= 4 is 11.8 Å². The molecule has 0 aromatic heterocycles. The highest BCUT2D eigenvalue weighted by molar-refractivity contribution is 5.89. The first-order valence-corrected chi connectivity index (χ1v) is 11.9. The molecule has 0 bridgehead atoms. The second-order valence-corrected chi connectivity index (χ2v) is 9.91. The molecule has 2 aromatic carbocycles. The van der Waals surface area contributed by atoms with Gasteiger partial charge in [0.1, 0.15) is 5.82 Å². The van der Waals surface area contributed by atoms with Gasteiger partial charge >= 0.3 is 0 Å². The van der Waals surface area contributed by atoms with Crippen molar-refractivity contribution in [2.24, 2.45) is 0 Å². The molecule has 3 aliphatic heterocycles. The van der Waals surface area contributed by atoms with Gasteiger partial charge in [-0.2, -0.15) is 0 Å². The largest absolute Gasteiger partial charge is 0.381 e. The molecule has 3 fully saturated rings. The number of carbonyl (C=O) groups is 2. The summed E-state index contributed by atoms with van der Waals surface area (Å²) >= 11 is 0. The molecule has 33 heavy (non-hydrogen) atoms. The van der Waals surface area contributed by atoms with Crippen LogP contribution in [0.1, 0.15) is 54.7 Å². The number of nitrogens with one attached hydrogen (secondary N) is 1. The van der Waals surface area contributed by atoms with Crippen LogP contribution in [0.4, 0.5) is 4.39 Å². The lowest BCUT2D eigenvalue weighted by Gasteiger charge is -2.41. The number of rotatable bonds is 3. The van der Waals surface area contributed by atoms with Crippen molar-refractivity contribution in [3.8, 4) is 0 Å². The third kappa shape index (κ3) is 3.95. The topological polar surface area (TPSA) is 58.6 Å². The summed E-state index contributed by atoms with van der Waals surface area (Å²) < 4.78 is 19.3. The summed E-state index contributed by atoms with van der Waals surface area (Å²) in [5.41, 5.74) is 2.00. The lowest BCUT2D eigenvalue weighted by molar-refractivity contribution is -0.141. The molecule has 0 radical (unpaired) electrons. The zero-order valence-electron chi connectivity index (χ0n) is 19.1. The highest BCUT2D eigenvalue weighted by atomic mass is 19.1. The van der Waals surface area contributed by atoms with Crippen LogP contribution in [0, 0.1) is 12.7 Å². The number of amides is 2. The highest BCUT2D eigenvalue weighted by Crippen LogP contribution is 2.45. The summed E-state index contributed by atoms with van der Waals surface area (Å²) in [5, 5.41) is 3.25. The minimum atomic E-state index is -0.623. The molecule has 1 spiro atoms. The maximum Gasteiger partial charge on any atom is 0.233 e. The van der Waals surface area contributed by atoms with Gasteiger partial charge in [0, 0.05) is 38.6 Å². The highest BCUT2D eigenvalue weighted by Gasteiger charge is 2.54. The first-order chi connectivity index (χ1) is 15.9. The summed E-state index contributed by atoms with van der Waals surface area (Å²) in [6, 6.07) is 14.8. The predicted octanol–water partition coefficient (Wildman–Crippen LogP) is 3.85. The molecule has 3 aliphatic rings. The fourth-order valence-corrected chi connectivity index (χ4v) is 6.12. The molecule has 6 heteroatoms. The quantitative estimate of drug-likeness (QED) is 0.773. The standard InChI is InChI=1S/C27H31FN2O3/c1-19-4-2-5-21(16-19)26(12-14-33-15-13-26)25(32)30-17-23(20-7-9-22(28)10-8-20)27(18-30)11-3-6-24(31)29-27/h2,4-5,7-10,16,23H,3,6,11-15,17-18H2,1H3,(H,29,31)/t23-,27+/m0/s1. The maximum atomic E-state index is 14.3. The van der Waals surface area contributed by atoms with E-state index in [4.69, 9.17) is 4.74 Å². The Bertz CT molecular complexity index is 1050. The summed E-state index contributed by atoms with van der Waals surface area (Å²) in [6.07, 6.45) is 3.41. The van der Waals surface area contributed by atoms with Crippen molar-refractivity contribution < 1.29 is 18.7 Å². The van der Waals surface area contributed by atoms with Gasteiger partial charge in [-0.3, -0.25) is 9.59 Å². The molecule has 174 valence electrons. The second kappa shape index (κ2) is 8.56. The summed E-state index contributed by atoms with van der Waals surface area (Å²) in [4.78, 5) is 28.7. The molecule has 5 rings (SSSR count). The lowest BCUT2D eigenvalue weighted by atomic mass is 9.72. The van der Waals surface area contributed by atoms with Crippen molar-refractivity contribution in [2.45, 2.75) is 55.9 Å². The van der Waals surface area contributed by atoms with E-state index in [1.54, 1.807) is 12.1 Å². The van der Waals surface area contributed by atoms with Crippen molar-refractivity contribution in [3.63, 3.8) is 0 Å². The van der Waals surface area contributed by atoms with Gasteiger partial charge in [-0.1, -0.05) is 42.0 Å². The van der Waals surface area contributed by atoms with Crippen LogP contribution in [0.3, 0.4) is 0 Å². The summed E-state index contributed by atoms with van der Waals surface area (Å²) in [7, 11) is 0. The van der Waals surface area contributed by atoms with Gasteiger partial charge in [0.25, 0.3) is 0 Å². The average molecular weight is 451 g/mol. The molecule has 3 saturated heterocycles. The van der Waals surface area contributed by atoms with Crippen LogP contribution >= 0.6 is 0 Å². The monoisotopic (exact) mass is 450 g/mol. The number of halogens is 1. The number of carbonyl (C=O) groups excluding carboxylic acids is 2. The van der Waals surface area contributed by atoms with Crippen molar-refractivity contribution in [2.75, 3.05) is 26.3 Å². The molecule has 3 heterocycles. The first-order valence-electron chi connectivity index (χ1n) is 11.9. The predicted molar refractivity (Wildman–Crippen MR) is 123 cm³/mol. The van der Waals surface area contributed by atoms with Gasteiger partial charge in [0.05, 0.1) is 11.0 Å². The Hall–Kier alpha value is -2.73. The Morgan fingerprint density at radius 1 is 1.12 bits per heavy atom. The van der Waals surface area contributed by atoms with E-state index in [0.717, 1.165) is 29.5 Å². The van der Waals surface area contributed by atoms with Gasteiger partial charge in [-0.05, 0) is 55.9 Å². The molecule has 5 nitrogen and oxygen atoms in total. The first kappa shape index (κ1) is 22.1. The second-order valence-electron chi connectivity index (χ2n) is 9.91. The van der Waals surface area contributed by atoms with E-state index in [-0.39, 0.29) is 23.5 Å². The Labute approximate surface area is 194 Å². The number of hydrogen-bond donors (Lipinski definition) is 1. The number of hydrogen-bond acceptors (Lipinski definition) is 3. The molecule has 2 aromatic rings. The Kier molecular flexibility index (Phi) is 5.73. The molecular formula is C27H31FN2O3. The number of piperidine rings is 1. The molecule has 1 N–H and O–H groups in total. The smallest absolute Gasteiger partial charge is 0.233 e. The minimum absolute atomic E-state index is 0.0297. The van der Waals surface area contributed by atoms with Crippen LogP contribution in [0.25, 0.3) is 0 Å². The van der Waals surface area contributed by atoms with Gasteiger partial charge in [-0.15, -0.1) is 0 Å². The van der Waals surface area contributed by atoms with Crippen LogP contribution in [-0.2, 0) is 19.7 Å². The van der Waals surface area contributed by atoms with E-state index >= 15 is 0 Å².